The molecule has 1 aromatic heterocycles. The molecular weight excluding hydrogens is 292 g/mol. The maximum Gasteiger partial charge on any atom is 0.354 e. The first-order valence-corrected chi connectivity index (χ1v) is 7.68. The van der Waals surface area contributed by atoms with Crippen LogP contribution in [0.1, 0.15) is 52.1 Å². The number of carboxylic acids is 1. The SMILES string of the molecule is O=C(NC1(c2ccccc2)CCCC1)c1ccnc(C(=O)O)c1. The van der Waals surface area contributed by atoms with Gasteiger partial charge < -0.3 is 10.4 Å². The lowest BCUT2D eigenvalue weighted by atomic mass is 9.88. The highest BCUT2D eigenvalue weighted by molar-refractivity contribution is 5.97. The number of hydrogen-bond acceptors (Lipinski definition) is 3. The normalized spacial score (nSPS) is 16.0. The van der Waals surface area contributed by atoms with Crippen molar-refractivity contribution in [2.45, 2.75) is 31.2 Å². The van der Waals surface area contributed by atoms with Gasteiger partial charge in [-0.3, -0.25) is 4.79 Å². The molecule has 118 valence electrons. The van der Waals surface area contributed by atoms with E-state index in [-0.39, 0.29) is 17.1 Å². The van der Waals surface area contributed by atoms with Gasteiger partial charge in [-0.05, 0) is 30.5 Å². The predicted molar refractivity (Wildman–Crippen MR) is 85.3 cm³/mol. The lowest BCUT2D eigenvalue weighted by Gasteiger charge is -2.31. The van der Waals surface area contributed by atoms with Gasteiger partial charge in [0.05, 0.1) is 5.54 Å². The molecule has 3 rings (SSSR count). The summed E-state index contributed by atoms with van der Waals surface area (Å²) in [6.07, 6.45) is 5.25. The molecule has 0 saturated heterocycles. The maximum atomic E-state index is 12.6. The Morgan fingerprint density at radius 1 is 1.09 bits per heavy atom. The van der Waals surface area contributed by atoms with Crippen LogP contribution in [-0.4, -0.2) is 22.0 Å². The molecule has 23 heavy (non-hydrogen) atoms. The van der Waals surface area contributed by atoms with Crippen LogP contribution in [0.15, 0.2) is 48.7 Å². The molecule has 1 aliphatic rings. The zero-order valence-electron chi connectivity index (χ0n) is 12.7. The number of carbonyl (C=O) groups excluding carboxylic acids is 1. The molecule has 0 bridgehead atoms. The maximum absolute atomic E-state index is 12.6. The van der Waals surface area contributed by atoms with Gasteiger partial charge in [-0.15, -0.1) is 0 Å². The standard InChI is InChI=1S/C18H18N2O3/c21-16(13-8-11-19-15(12-13)17(22)23)20-18(9-4-5-10-18)14-6-2-1-3-7-14/h1-3,6-8,11-12H,4-5,9-10H2,(H,20,21)(H,22,23). The highest BCUT2D eigenvalue weighted by atomic mass is 16.4. The number of aromatic nitrogens is 1. The van der Waals surface area contributed by atoms with Gasteiger partial charge in [-0.1, -0.05) is 43.2 Å². The van der Waals surface area contributed by atoms with Crippen molar-refractivity contribution in [1.82, 2.24) is 10.3 Å². The topological polar surface area (TPSA) is 79.3 Å². The Morgan fingerprint density at radius 3 is 2.43 bits per heavy atom. The summed E-state index contributed by atoms with van der Waals surface area (Å²) < 4.78 is 0. The van der Waals surface area contributed by atoms with Crippen molar-refractivity contribution in [3.05, 3.63) is 65.5 Å². The third-order valence-electron chi connectivity index (χ3n) is 4.38. The van der Waals surface area contributed by atoms with Crippen molar-refractivity contribution in [3.63, 3.8) is 0 Å². The van der Waals surface area contributed by atoms with E-state index in [4.69, 9.17) is 5.11 Å². The van der Waals surface area contributed by atoms with Crippen LogP contribution in [0.25, 0.3) is 0 Å². The Kier molecular flexibility index (Phi) is 4.10. The lowest BCUT2D eigenvalue weighted by Crippen LogP contribution is -2.43. The van der Waals surface area contributed by atoms with E-state index < -0.39 is 5.97 Å². The molecule has 2 aromatic rings. The molecule has 1 fully saturated rings. The number of aromatic carboxylic acids is 1. The Bertz CT molecular complexity index is 722. The highest BCUT2D eigenvalue weighted by Crippen LogP contribution is 2.38. The Labute approximate surface area is 134 Å². The van der Waals surface area contributed by atoms with Gasteiger partial charge in [0.2, 0.25) is 0 Å². The first-order valence-electron chi connectivity index (χ1n) is 7.68. The second-order valence-corrected chi connectivity index (χ2v) is 5.84. The number of nitrogens with one attached hydrogen (secondary N) is 1. The van der Waals surface area contributed by atoms with Crippen LogP contribution in [0.2, 0.25) is 0 Å². The fourth-order valence-electron chi connectivity index (χ4n) is 3.20. The summed E-state index contributed by atoms with van der Waals surface area (Å²) in [5, 5.41) is 12.1. The number of benzene rings is 1. The van der Waals surface area contributed by atoms with Crippen LogP contribution in [0.5, 0.6) is 0 Å². The summed E-state index contributed by atoms with van der Waals surface area (Å²) >= 11 is 0. The molecule has 1 amide bonds. The van der Waals surface area contributed by atoms with Crippen LogP contribution in [-0.2, 0) is 5.54 Å². The molecule has 0 atom stereocenters. The van der Waals surface area contributed by atoms with E-state index in [9.17, 15) is 9.59 Å². The van der Waals surface area contributed by atoms with Gasteiger partial charge in [0, 0.05) is 11.8 Å². The zero-order valence-corrected chi connectivity index (χ0v) is 12.7. The summed E-state index contributed by atoms with van der Waals surface area (Å²) in [4.78, 5) is 27.4. The zero-order chi connectivity index (χ0) is 16.3. The average molecular weight is 310 g/mol. The second kappa shape index (κ2) is 6.20. The molecule has 5 heteroatoms. The first-order chi connectivity index (χ1) is 11.1. The molecule has 1 heterocycles. The number of rotatable bonds is 4. The molecule has 2 N–H and O–H groups in total. The minimum Gasteiger partial charge on any atom is -0.477 e. The number of nitrogens with zero attached hydrogens (tertiary/aromatic N) is 1. The molecule has 0 radical (unpaired) electrons. The Morgan fingerprint density at radius 2 is 1.78 bits per heavy atom. The van der Waals surface area contributed by atoms with Gasteiger partial charge in [0.1, 0.15) is 5.69 Å². The smallest absolute Gasteiger partial charge is 0.354 e. The van der Waals surface area contributed by atoms with Crippen molar-refractivity contribution in [2.75, 3.05) is 0 Å². The summed E-state index contributed by atoms with van der Waals surface area (Å²) in [5.41, 5.74) is 0.918. The van der Waals surface area contributed by atoms with E-state index in [1.54, 1.807) is 0 Å². The minimum absolute atomic E-state index is 0.127. The van der Waals surface area contributed by atoms with Crippen LogP contribution in [0.4, 0.5) is 0 Å². The lowest BCUT2D eigenvalue weighted by molar-refractivity contribution is 0.0690. The minimum atomic E-state index is -1.14. The molecular formula is C18H18N2O3. The van der Waals surface area contributed by atoms with Gasteiger partial charge in [-0.25, -0.2) is 9.78 Å². The molecule has 1 saturated carbocycles. The summed E-state index contributed by atoms with van der Waals surface area (Å²) in [7, 11) is 0. The molecule has 0 aliphatic heterocycles. The average Bonchev–Trinajstić information content (AvgIpc) is 3.05. The van der Waals surface area contributed by atoms with E-state index in [0.717, 1.165) is 31.2 Å². The summed E-state index contributed by atoms with van der Waals surface area (Å²) in [6, 6.07) is 12.8. The quantitative estimate of drug-likeness (QED) is 0.910. The Balaban J connectivity index is 1.88. The van der Waals surface area contributed by atoms with E-state index >= 15 is 0 Å². The fourth-order valence-corrected chi connectivity index (χ4v) is 3.20. The first kappa shape index (κ1) is 15.2. The molecule has 1 aromatic carbocycles. The van der Waals surface area contributed by atoms with Crippen LogP contribution in [0, 0.1) is 0 Å². The van der Waals surface area contributed by atoms with E-state index in [1.807, 2.05) is 30.3 Å². The Hall–Kier alpha value is -2.69. The number of amides is 1. The highest BCUT2D eigenvalue weighted by Gasteiger charge is 2.37. The van der Waals surface area contributed by atoms with E-state index in [1.165, 1.54) is 18.3 Å². The van der Waals surface area contributed by atoms with Gasteiger partial charge in [0.15, 0.2) is 0 Å². The number of carboxylic acid groups (broad SMARTS) is 1. The van der Waals surface area contributed by atoms with Crippen LogP contribution in [0.3, 0.4) is 0 Å². The number of pyridine rings is 1. The van der Waals surface area contributed by atoms with E-state index in [0.29, 0.717) is 5.56 Å². The fraction of sp³-hybridized carbons (Fsp3) is 0.278. The number of carbonyl (C=O) groups is 2. The largest absolute Gasteiger partial charge is 0.477 e. The molecule has 1 aliphatic carbocycles. The third-order valence-corrected chi connectivity index (χ3v) is 4.38. The van der Waals surface area contributed by atoms with Gasteiger partial charge in [0.25, 0.3) is 5.91 Å². The third kappa shape index (κ3) is 3.08. The van der Waals surface area contributed by atoms with Crippen LogP contribution < -0.4 is 5.32 Å². The molecule has 0 spiro atoms. The van der Waals surface area contributed by atoms with Crippen molar-refractivity contribution < 1.29 is 14.7 Å². The number of hydrogen-bond donors (Lipinski definition) is 2. The van der Waals surface area contributed by atoms with Crippen molar-refractivity contribution in [2.24, 2.45) is 0 Å². The second-order valence-electron chi connectivity index (χ2n) is 5.84. The van der Waals surface area contributed by atoms with Crippen molar-refractivity contribution >= 4 is 11.9 Å². The van der Waals surface area contributed by atoms with Gasteiger partial charge in [-0.2, -0.15) is 0 Å². The van der Waals surface area contributed by atoms with Crippen molar-refractivity contribution in [3.8, 4) is 0 Å². The summed E-state index contributed by atoms with van der Waals surface area (Å²) in [5.74, 6) is -1.40. The molecule has 0 unspecified atom stereocenters. The molecule has 5 nitrogen and oxygen atoms in total. The van der Waals surface area contributed by atoms with Gasteiger partial charge >= 0.3 is 5.97 Å². The van der Waals surface area contributed by atoms with E-state index in [2.05, 4.69) is 10.3 Å². The van der Waals surface area contributed by atoms with Crippen molar-refractivity contribution in [1.29, 1.82) is 0 Å². The van der Waals surface area contributed by atoms with Crippen LogP contribution >= 0.6 is 0 Å². The monoisotopic (exact) mass is 310 g/mol. The predicted octanol–water partition coefficient (Wildman–Crippen LogP) is 2.98. The summed E-state index contributed by atoms with van der Waals surface area (Å²) in [6.45, 7) is 0.